The number of amides is 1. The maximum Gasteiger partial charge on any atom is 0.253 e. The van der Waals surface area contributed by atoms with Crippen molar-refractivity contribution >= 4 is 29.1 Å². The third-order valence-electron chi connectivity index (χ3n) is 2.40. The summed E-state index contributed by atoms with van der Waals surface area (Å²) < 4.78 is 1.67. The van der Waals surface area contributed by atoms with Crippen LogP contribution in [0.2, 0.25) is 10.0 Å². The standard InChI is InChI=1S/C12H11Cl2N3O/c1-17-6-5-8(16-17)7-15-12(18)9-3-2-4-10(13)11(9)14/h2-6H,7H2,1H3,(H,15,18). The first-order valence-electron chi connectivity index (χ1n) is 5.28. The van der Waals surface area contributed by atoms with Crippen molar-refractivity contribution < 1.29 is 4.79 Å². The second-order valence-corrected chi connectivity index (χ2v) is 4.55. The molecule has 94 valence electrons. The molecule has 0 radical (unpaired) electrons. The van der Waals surface area contributed by atoms with E-state index in [1.165, 1.54) is 0 Å². The number of nitrogens with zero attached hydrogens (tertiary/aromatic N) is 2. The summed E-state index contributed by atoms with van der Waals surface area (Å²) in [5.41, 5.74) is 1.14. The molecular weight excluding hydrogens is 273 g/mol. The monoisotopic (exact) mass is 283 g/mol. The Labute approximate surface area is 115 Å². The highest BCUT2D eigenvalue weighted by atomic mass is 35.5. The molecule has 2 rings (SSSR count). The van der Waals surface area contributed by atoms with E-state index in [-0.39, 0.29) is 10.9 Å². The highest BCUT2D eigenvalue weighted by Crippen LogP contribution is 2.25. The summed E-state index contributed by atoms with van der Waals surface area (Å²) in [6, 6.07) is 6.78. The molecular formula is C12H11Cl2N3O. The van der Waals surface area contributed by atoms with Crippen LogP contribution in [-0.4, -0.2) is 15.7 Å². The summed E-state index contributed by atoms with van der Waals surface area (Å²) in [7, 11) is 1.82. The van der Waals surface area contributed by atoms with E-state index in [1.807, 2.05) is 19.3 Å². The van der Waals surface area contributed by atoms with Crippen LogP contribution in [0.4, 0.5) is 0 Å². The number of aryl methyl sites for hydroxylation is 1. The van der Waals surface area contributed by atoms with Crippen LogP contribution < -0.4 is 5.32 Å². The van der Waals surface area contributed by atoms with Gasteiger partial charge in [0.15, 0.2) is 0 Å². The average molecular weight is 284 g/mol. The van der Waals surface area contributed by atoms with E-state index in [0.29, 0.717) is 17.1 Å². The molecule has 2 aromatic rings. The lowest BCUT2D eigenvalue weighted by Crippen LogP contribution is -2.23. The zero-order chi connectivity index (χ0) is 13.1. The number of carbonyl (C=O) groups is 1. The molecule has 0 aliphatic rings. The van der Waals surface area contributed by atoms with Gasteiger partial charge in [-0.15, -0.1) is 0 Å². The van der Waals surface area contributed by atoms with Crippen LogP contribution >= 0.6 is 23.2 Å². The quantitative estimate of drug-likeness (QED) is 0.941. The summed E-state index contributed by atoms with van der Waals surface area (Å²) in [5, 5.41) is 7.52. The highest BCUT2D eigenvalue weighted by molar-refractivity contribution is 6.43. The van der Waals surface area contributed by atoms with E-state index in [4.69, 9.17) is 23.2 Å². The topological polar surface area (TPSA) is 46.9 Å². The van der Waals surface area contributed by atoms with E-state index in [2.05, 4.69) is 10.4 Å². The largest absolute Gasteiger partial charge is 0.346 e. The number of halogens is 2. The van der Waals surface area contributed by atoms with Crippen LogP contribution in [0.5, 0.6) is 0 Å². The van der Waals surface area contributed by atoms with Gasteiger partial charge in [0.05, 0.1) is 27.8 Å². The molecule has 1 aromatic heterocycles. The smallest absolute Gasteiger partial charge is 0.253 e. The van der Waals surface area contributed by atoms with Crippen LogP contribution in [0.15, 0.2) is 30.5 Å². The SMILES string of the molecule is Cn1ccc(CNC(=O)c2cccc(Cl)c2Cl)n1. The number of nitrogens with one attached hydrogen (secondary N) is 1. The van der Waals surface area contributed by atoms with Crippen molar-refractivity contribution in [3.05, 3.63) is 51.8 Å². The first kappa shape index (κ1) is 12.9. The summed E-state index contributed by atoms with van der Waals surface area (Å²) >= 11 is 11.8. The number of hydrogen-bond acceptors (Lipinski definition) is 2. The van der Waals surface area contributed by atoms with Gasteiger partial charge >= 0.3 is 0 Å². The Kier molecular flexibility index (Phi) is 3.89. The lowest BCUT2D eigenvalue weighted by atomic mass is 10.2. The third-order valence-corrected chi connectivity index (χ3v) is 3.21. The van der Waals surface area contributed by atoms with Gasteiger partial charge in [0.1, 0.15) is 0 Å². The number of aromatic nitrogens is 2. The highest BCUT2D eigenvalue weighted by Gasteiger charge is 2.12. The molecule has 18 heavy (non-hydrogen) atoms. The van der Waals surface area contributed by atoms with Crippen LogP contribution in [0, 0.1) is 0 Å². The van der Waals surface area contributed by atoms with Gasteiger partial charge < -0.3 is 5.32 Å². The van der Waals surface area contributed by atoms with Gasteiger partial charge in [-0.2, -0.15) is 5.10 Å². The minimum Gasteiger partial charge on any atom is -0.346 e. The molecule has 0 atom stereocenters. The van der Waals surface area contributed by atoms with Crippen molar-refractivity contribution in [1.29, 1.82) is 0 Å². The van der Waals surface area contributed by atoms with Crippen molar-refractivity contribution in [2.45, 2.75) is 6.54 Å². The van der Waals surface area contributed by atoms with Gasteiger partial charge in [0.25, 0.3) is 5.91 Å². The molecule has 0 spiro atoms. The van der Waals surface area contributed by atoms with Crippen molar-refractivity contribution in [2.75, 3.05) is 0 Å². The van der Waals surface area contributed by atoms with E-state index < -0.39 is 0 Å². The second kappa shape index (κ2) is 5.42. The fraction of sp³-hybridized carbons (Fsp3) is 0.167. The molecule has 0 bridgehead atoms. The van der Waals surface area contributed by atoms with Crippen molar-refractivity contribution in [3.63, 3.8) is 0 Å². The molecule has 0 saturated heterocycles. The average Bonchev–Trinajstić information content (AvgIpc) is 2.76. The van der Waals surface area contributed by atoms with Gasteiger partial charge in [-0.25, -0.2) is 0 Å². The molecule has 1 amide bonds. The summed E-state index contributed by atoms with van der Waals surface area (Å²) in [6.45, 7) is 0.350. The van der Waals surface area contributed by atoms with E-state index in [9.17, 15) is 4.79 Å². The molecule has 0 aliphatic heterocycles. The van der Waals surface area contributed by atoms with Gasteiger partial charge in [0.2, 0.25) is 0 Å². The predicted molar refractivity (Wildman–Crippen MR) is 70.8 cm³/mol. The Bertz CT molecular complexity index is 580. The van der Waals surface area contributed by atoms with E-state index in [0.717, 1.165) is 5.69 Å². The van der Waals surface area contributed by atoms with Gasteiger partial charge in [-0.05, 0) is 18.2 Å². The lowest BCUT2D eigenvalue weighted by molar-refractivity contribution is 0.0950. The normalized spacial score (nSPS) is 10.4. The molecule has 0 unspecified atom stereocenters. The van der Waals surface area contributed by atoms with Gasteiger partial charge in [-0.1, -0.05) is 29.3 Å². The van der Waals surface area contributed by atoms with Crippen molar-refractivity contribution in [2.24, 2.45) is 7.05 Å². The summed E-state index contributed by atoms with van der Waals surface area (Å²) in [5.74, 6) is -0.270. The summed E-state index contributed by atoms with van der Waals surface area (Å²) in [6.07, 6.45) is 1.81. The fourth-order valence-corrected chi connectivity index (χ4v) is 1.89. The van der Waals surface area contributed by atoms with Crippen molar-refractivity contribution in [1.82, 2.24) is 15.1 Å². The predicted octanol–water partition coefficient (Wildman–Crippen LogP) is 2.66. The fourth-order valence-electron chi connectivity index (χ4n) is 1.50. The number of carbonyl (C=O) groups excluding carboxylic acids is 1. The lowest BCUT2D eigenvalue weighted by Gasteiger charge is -2.06. The van der Waals surface area contributed by atoms with Crippen LogP contribution in [0.3, 0.4) is 0 Å². The maximum atomic E-state index is 11.9. The molecule has 0 fully saturated rings. The van der Waals surface area contributed by atoms with Crippen LogP contribution in [0.25, 0.3) is 0 Å². The number of rotatable bonds is 3. The minimum atomic E-state index is -0.270. The van der Waals surface area contributed by atoms with Gasteiger partial charge in [0, 0.05) is 13.2 Å². The Hall–Kier alpha value is -1.52. The summed E-state index contributed by atoms with van der Waals surface area (Å²) in [4.78, 5) is 11.9. The minimum absolute atomic E-state index is 0.262. The molecule has 1 aromatic carbocycles. The maximum absolute atomic E-state index is 11.9. The third kappa shape index (κ3) is 2.83. The van der Waals surface area contributed by atoms with E-state index in [1.54, 1.807) is 22.9 Å². The molecule has 1 N–H and O–H groups in total. The molecule has 4 nitrogen and oxygen atoms in total. The molecule has 1 heterocycles. The molecule has 6 heteroatoms. The Morgan fingerprint density at radius 3 is 2.83 bits per heavy atom. The Balaban J connectivity index is 2.06. The first-order chi connectivity index (χ1) is 8.58. The Morgan fingerprint density at radius 2 is 2.17 bits per heavy atom. The number of benzene rings is 1. The van der Waals surface area contributed by atoms with Crippen LogP contribution in [0.1, 0.15) is 16.1 Å². The molecule has 0 aliphatic carbocycles. The second-order valence-electron chi connectivity index (χ2n) is 3.76. The Morgan fingerprint density at radius 1 is 1.39 bits per heavy atom. The zero-order valence-corrected chi connectivity index (χ0v) is 11.2. The van der Waals surface area contributed by atoms with Crippen LogP contribution in [-0.2, 0) is 13.6 Å². The van der Waals surface area contributed by atoms with E-state index >= 15 is 0 Å². The van der Waals surface area contributed by atoms with Crippen molar-refractivity contribution in [3.8, 4) is 0 Å². The van der Waals surface area contributed by atoms with Gasteiger partial charge in [-0.3, -0.25) is 9.48 Å². The first-order valence-corrected chi connectivity index (χ1v) is 6.04. The number of hydrogen-bond donors (Lipinski definition) is 1. The molecule has 0 saturated carbocycles. The zero-order valence-electron chi connectivity index (χ0n) is 9.65.